The Labute approximate surface area is 213 Å². The SMILES string of the molecule is O=S(=O)(O)c1cc(S(=O)(=O)c2ccc(Cl)c(S(=O)(=O)O)c2)ccc1Cl.[H-].[H-].[Na+].[Na+]. The Hall–Kier alpha value is 0.790. The molecule has 0 heterocycles. The molecule has 2 rings (SSSR count). The van der Waals surface area contributed by atoms with Gasteiger partial charge >= 0.3 is 59.1 Å². The maximum atomic E-state index is 12.6. The Balaban J connectivity index is -0.00000169. The Bertz CT molecular complexity index is 1100. The standard InChI is InChI=1S/C12H8Cl2O8S3.2Na.2H/c13-9-3-1-7(5-11(9)24(17,18)19)23(15,16)8-2-4-10(14)12(6-8)25(20,21)22;;;;/h1-6H,(H,17,18,19)(H,20,21,22);;;;/q;2*+1;2*-1. The van der Waals surface area contributed by atoms with Crippen molar-refractivity contribution in [3.63, 3.8) is 0 Å². The Kier molecular flexibility index (Phi) is 10.0. The maximum absolute atomic E-state index is 12.6. The molecule has 8 nitrogen and oxygen atoms in total. The molecule has 0 radical (unpaired) electrons. The normalized spacial score (nSPS) is 12.0. The van der Waals surface area contributed by atoms with Gasteiger partial charge in [-0.15, -0.1) is 0 Å². The summed E-state index contributed by atoms with van der Waals surface area (Å²) in [7, 11) is -14.0. The van der Waals surface area contributed by atoms with Crippen molar-refractivity contribution < 1.29 is 96.3 Å². The van der Waals surface area contributed by atoms with Crippen LogP contribution in [0.1, 0.15) is 2.85 Å². The van der Waals surface area contributed by atoms with Gasteiger partial charge in [0, 0.05) is 0 Å². The van der Waals surface area contributed by atoms with Crippen molar-refractivity contribution in [2.45, 2.75) is 19.6 Å². The molecule has 0 bridgehead atoms. The van der Waals surface area contributed by atoms with Crippen molar-refractivity contribution in [2.24, 2.45) is 0 Å². The van der Waals surface area contributed by atoms with E-state index >= 15 is 0 Å². The van der Waals surface area contributed by atoms with Crippen LogP contribution in [-0.4, -0.2) is 34.4 Å². The van der Waals surface area contributed by atoms with E-state index in [2.05, 4.69) is 0 Å². The first-order chi connectivity index (χ1) is 11.2. The molecule has 2 aromatic rings. The summed E-state index contributed by atoms with van der Waals surface area (Å²) in [6, 6.07) is 5.06. The fourth-order valence-corrected chi connectivity index (χ4v) is 5.30. The molecule has 0 aromatic heterocycles. The second-order valence-corrected chi connectivity index (χ2v) is 10.2. The summed E-state index contributed by atoms with van der Waals surface area (Å²) < 4.78 is 88.3. The fraction of sp³-hybridized carbons (Fsp3) is 0. The van der Waals surface area contributed by atoms with Crippen LogP contribution in [-0.2, 0) is 30.1 Å². The predicted octanol–water partition coefficient (Wildman–Crippen LogP) is -3.45. The van der Waals surface area contributed by atoms with Gasteiger partial charge in [0.2, 0.25) is 9.84 Å². The monoisotopic (exact) mass is 494 g/mol. The predicted molar refractivity (Wildman–Crippen MR) is 90.2 cm³/mol. The van der Waals surface area contributed by atoms with Gasteiger partial charge in [-0.2, -0.15) is 16.8 Å². The molecule has 0 atom stereocenters. The summed E-state index contributed by atoms with van der Waals surface area (Å²) >= 11 is 11.2. The molecule has 27 heavy (non-hydrogen) atoms. The van der Waals surface area contributed by atoms with Crippen LogP contribution in [0.2, 0.25) is 10.0 Å². The molecule has 0 spiro atoms. The number of hydrogen-bond donors (Lipinski definition) is 2. The summed E-state index contributed by atoms with van der Waals surface area (Å²) in [5, 5.41) is -0.813. The quantitative estimate of drug-likeness (QED) is 0.330. The topological polar surface area (TPSA) is 143 Å². The van der Waals surface area contributed by atoms with Gasteiger partial charge in [-0.3, -0.25) is 9.11 Å². The Morgan fingerprint density at radius 1 is 0.667 bits per heavy atom. The minimum atomic E-state index is -4.79. The molecule has 0 saturated carbocycles. The van der Waals surface area contributed by atoms with Crippen molar-refractivity contribution in [3.05, 3.63) is 46.4 Å². The third kappa shape index (κ3) is 6.38. The zero-order valence-corrected chi connectivity index (χ0v) is 21.8. The maximum Gasteiger partial charge on any atom is 1.00 e. The summed E-state index contributed by atoms with van der Waals surface area (Å²) in [4.78, 5) is -2.82. The zero-order valence-electron chi connectivity index (χ0n) is 15.8. The van der Waals surface area contributed by atoms with E-state index in [-0.39, 0.29) is 62.0 Å². The molecule has 0 saturated heterocycles. The largest absolute Gasteiger partial charge is 1.00 e. The average molecular weight is 495 g/mol. The van der Waals surface area contributed by atoms with E-state index in [4.69, 9.17) is 32.3 Å². The van der Waals surface area contributed by atoms with Crippen LogP contribution in [0, 0.1) is 0 Å². The van der Waals surface area contributed by atoms with Gasteiger partial charge in [0.25, 0.3) is 20.2 Å². The number of rotatable bonds is 4. The van der Waals surface area contributed by atoms with Crippen molar-refractivity contribution in [1.29, 1.82) is 0 Å². The first-order valence-electron chi connectivity index (χ1n) is 6.04. The second-order valence-electron chi connectivity index (χ2n) is 4.64. The van der Waals surface area contributed by atoms with Gasteiger partial charge in [-0.25, -0.2) is 8.42 Å². The van der Waals surface area contributed by atoms with E-state index in [0.29, 0.717) is 12.1 Å². The van der Waals surface area contributed by atoms with Crippen LogP contribution in [0.4, 0.5) is 0 Å². The average Bonchev–Trinajstić information content (AvgIpc) is 2.45. The van der Waals surface area contributed by atoms with Crippen LogP contribution in [0.5, 0.6) is 0 Å². The molecule has 0 aliphatic carbocycles. The van der Waals surface area contributed by atoms with Crippen molar-refractivity contribution in [3.8, 4) is 0 Å². The summed E-state index contributed by atoms with van der Waals surface area (Å²) in [6.45, 7) is 0. The fourth-order valence-electron chi connectivity index (χ4n) is 1.83. The number of hydrogen-bond acceptors (Lipinski definition) is 6. The number of halogens is 2. The summed E-state index contributed by atoms with van der Waals surface area (Å²) in [5.41, 5.74) is 0. The van der Waals surface area contributed by atoms with E-state index in [9.17, 15) is 25.3 Å². The van der Waals surface area contributed by atoms with Gasteiger partial charge in [0.05, 0.1) is 19.8 Å². The molecule has 0 aliphatic heterocycles. The van der Waals surface area contributed by atoms with Crippen LogP contribution >= 0.6 is 23.2 Å². The van der Waals surface area contributed by atoms with Gasteiger partial charge in [0.1, 0.15) is 9.79 Å². The minimum Gasteiger partial charge on any atom is -1.00 e. The molecule has 0 aliphatic rings. The van der Waals surface area contributed by atoms with Crippen molar-refractivity contribution in [2.75, 3.05) is 0 Å². The van der Waals surface area contributed by atoms with E-state index in [0.717, 1.165) is 24.3 Å². The van der Waals surface area contributed by atoms with Crippen molar-refractivity contribution in [1.82, 2.24) is 0 Å². The van der Waals surface area contributed by atoms with Crippen LogP contribution in [0.15, 0.2) is 56.0 Å². The molecule has 0 unspecified atom stereocenters. The van der Waals surface area contributed by atoms with Gasteiger partial charge < -0.3 is 2.85 Å². The van der Waals surface area contributed by atoms with Crippen LogP contribution in [0.3, 0.4) is 0 Å². The summed E-state index contributed by atoms with van der Waals surface area (Å²) in [6.07, 6.45) is 0. The van der Waals surface area contributed by atoms with Gasteiger partial charge in [0.15, 0.2) is 0 Å². The minimum absolute atomic E-state index is 0. The first-order valence-corrected chi connectivity index (χ1v) is 11.2. The van der Waals surface area contributed by atoms with E-state index in [1.807, 2.05) is 0 Å². The van der Waals surface area contributed by atoms with Crippen LogP contribution in [0.25, 0.3) is 0 Å². The molecule has 0 amide bonds. The van der Waals surface area contributed by atoms with Gasteiger partial charge in [-0.1, -0.05) is 23.2 Å². The number of benzene rings is 2. The summed E-state index contributed by atoms with van der Waals surface area (Å²) in [5.74, 6) is 0. The molecule has 2 N–H and O–H groups in total. The second kappa shape index (κ2) is 9.73. The van der Waals surface area contributed by atoms with E-state index in [1.165, 1.54) is 0 Å². The Morgan fingerprint density at radius 3 is 1.22 bits per heavy atom. The zero-order chi connectivity index (χ0) is 19.2. The molecular formula is C12H10Cl2Na2O8S3. The van der Waals surface area contributed by atoms with Crippen molar-refractivity contribution >= 4 is 53.3 Å². The molecule has 2 aromatic carbocycles. The third-order valence-electron chi connectivity index (χ3n) is 2.98. The molecular weight excluding hydrogens is 485 g/mol. The molecule has 140 valence electrons. The van der Waals surface area contributed by atoms with E-state index in [1.54, 1.807) is 0 Å². The smallest absolute Gasteiger partial charge is 1.00 e. The first kappa shape index (κ1) is 27.8. The number of sulfone groups is 1. The molecule has 0 fully saturated rings. The molecule has 15 heteroatoms. The third-order valence-corrected chi connectivity index (χ3v) is 7.40. The van der Waals surface area contributed by atoms with Crippen LogP contribution < -0.4 is 59.1 Å². The van der Waals surface area contributed by atoms with Gasteiger partial charge in [-0.05, 0) is 36.4 Å². The van der Waals surface area contributed by atoms with E-state index < -0.39 is 59.7 Å². The Morgan fingerprint density at radius 2 is 0.963 bits per heavy atom.